The molecule has 0 spiro atoms. The second-order valence-corrected chi connectivity index (χ2v) is 4.05. The number of aryl methyl sites for hydroxylation is 3. The summed E-state index contributed by atoms with van der Waals surface area (Å²) in [5.41, 5.74) is 2.34. The van der Waals surface area contributed by atoms with Gasteiger partial charge < -0.3 is 9.55 Å². The van der Waals surface area contributed by atoms with Crippen molar-refractivity contribution in [1.82, 2.24) is 19.3 Å². The van der Waals surface area contributed by atoms with Crippen molar-refractivity contribution in [3.63, 3.8) is 0 Å². The molecule has 0 aliphatic rings. The molecule has 0 aromatic carbocycles. The Morgan fingerprint density at radius 2 is 2.20 bits per heavy atom. The number of nitrogens with zero attached hydrogens (tertiary/aromatic N) is 3. The number of aromatic amines is 1. The average molecular weight is 222 g/mol. The van der Waals surface area contributed by atoms with Crippen molar-refractivity contribution >= 4 is 12.2 Å². The van der Waals surface area contributed by atoms with Crippen LogP contribution in [0.4, 0.5) is 0 Å². The van der Waals surface area contributed by atoms with E-state index < -0.39 is 0 Å². The van der Waals surface area contributed by atoms with Gasteiger partial charge in [-0.25, -0.2) is 0 Å². The Balaban J connectivity index is 2.08. The largest absolute Gasteiger partial charge is 0.337 e. The monoisotopic (exact) mass is 222 g/mol. The molecule has 0 bridgehead atoms. The minimum Gasteiger partial charge on any atom is -0.337 e. The molecule has 0 saturated carbocycles. The van der Waals surface area contributed by atoms with Gasteiger partial charge in [0.2, 0.25) is 0 Å². The highest BCUT2D eigenvalue weighted by atomic mass is 32.1. The quantitative estimate of drug-likeness (QED) is 0.807. The van der Waals surface area contributed by atoms with Crippen molar-refractivity contribution < 1.29 is 0 Å². The molecule has 0 amide bonds. The molecule has 2 aromatic rings. The zero-order valence-corrected chi connectivity index (χ0v) is 9.71. The first kappa shape index (κ1) is 10.2. The Hall–Kier alpha value is -1.36. The third-order valence-electron chi connectivity index (χ3n) is 2.39. The van der Waals surface area contributed by atoms with Gasteiger partial charge in [-0.2, -0.15) is 5.10 Å². The van der Waals surface area contributed by atoms with E-state index in [0.29, 0.717) is 0 Å². The Labute approximate surface area is 93.6 Å². The van der Waals surface area contributed by atoms with Gasteiger partial charge in [-0.05, 0) is 31.6 Å². The van der Waals surface area contributed by atoms with E-state index in [4.69, 9.17) is 12.2 Å². The maximum absolute atomic E-state index is 5.17. The van der Waals surface area contributed by atoms with Crippen LogP contribution in [0.3, 0.4) is 0 Å². The van der Waals surface area contributed by atoms with Crippen LogP contribution in [0.1, 0.15) is 11.3 Å². The summed E-state index contributed by atoms with van der Waals surface area (Å²) in [7, 11) is 0. The van der Waals surface area contributed by atoms with E-state index in [1.54, 1.807) is 0 Å². The van der Waals surface area contributed by atoms with E-state index >= 15 is 0 Å². The van der Waals surface area contributed by atoms with Crippen LogP contribution in [0.15, 0.2) is 18.6 Å². The molecule has 80 valence electrons. The Kier molecular flexibility index (Phi) is 2.73. The summed E-state index contributed by atoms with van der Waals surface area (Å²) < 4.78 is 4.78. The van der Waals surface area contributed by atoms with Gasteiger partial charge in [0.25, 0.3) is 0 Å². The van der Waals surface area contributed by atoms with E-state index in [-0.39, 0.29) is 0 Å². The molecule has 0 saturated heterocycles. The molecule has 0 radical (unpaired) electrons. The van der Waals surface area contributed by atoms with Crippen molar-refractivity contribution in [2.24, 2.45) is 0 Å². The number of H-pyrrole nitrogens is 1. The smallest absolute Gasteiger partial charge is 0.177 e. The first-order chi connectivity index (χ1) is 7.16. The van der Waals surface area contributed by atoms with E-state index in [1.165, 1.54) is 5.56 Å². The summed E-state index contributed by atoms with van der Waals surface area (Å²) in [6, 6.07) is 0. The third kappa shape index (κ3) is 2.18. The van der Waals surface area contributed by atoms with Gasteiger partial charge in [0.05, 0.1) is 12.7 Å². The van der Waals surface area contributed by atoms with Crippen LogP contribution in [0, 0.1) is 18.6 Å². The predicted molar refractivity (Wildman–Crippen MR) is 61.3 cm³/mol. The molecule has 0 fully saturated rings. The molecule has 0 aliphatic carbocycles. The normalized spacial score (nSPS) is 10.8. The van der Waals surface area contributed by atoms with Gasteiger partial charge in [0.1, 0.15) is 0 Å². The van der Waals surface area contributed by atoms with Crippen LogP contribution in [0.25, 0.3) is 0 Å². The van der Waals surface area contributed by atoms with Gasteiger partial charge >= 0.3 is 0 Å². The number of nitrogens with one attached hydrogen (secondary N) is 1. The molecule has 0 unspecified atom stereocenters. The SMILES string of the molecule is Cc1cnn(CCn2c(C)c[nH]c2=S)c1. The maximum Gasteiger partial charge on any atom is 0.177 e. The van der Waals surface area contributed by atoms with Crippen LogP contribution in [0.5, 0.6) is 0 Å². The fourth-order valence-corrected chi connectivity index (χ4v) is 1.85. The lowest BCUT2D eigenvalue weighted by Crippen LogP contribution is -2.08. The lowest BCUT2D eigenvalue weighted by Gasteiger charge is -2.05. The van der Waals surface area contributed by atoms with Gasteiger partial charge in [0, 0.05) is 24.6 Å². The number of hydrogen-bond acceptors (Lipinski definition) is 2. The molecule has 2 rings (SSSR count). The summed E-state index contributed by atoms with van der Waals surface area (Å²) in [4.78, 5) is 3.03. The summed E-state index contributed by atoms with van der Waals surface area (Å²) in [6.45, 7) is 5.79. The summed E-state index contributed by atoms with van der Waals surface area (Å²) >= 11 is 5.17. The van der Waals surface area contributed by atoms with E-state index in [0.717, 1.165) is 23.6 Å². The molecule has 2 heterocycles. The van der Waals surface area contributed by atoms with Crippen molar-refractivity contribution in [2.75, 3.05) is 0 Å². The van der Waals surface area contributed by atoms with E-state index in [2.05, 4.69) is 14.6 Å². The molecule has 1 N–H and O–H groups in total. The van der Waals surface area contributed by atoms with Gasteiger partial charge in [-0.15, -0.1) is 0 Å². The first-order valence-corrected chi connectivity index (χ1v) is 5.31. The van der Waals surface area contributed by atoms with E-state index in [9.17, 15) is 0 Å². The van der Waals surface area contributed by atoms with Gasteiger partial charge in [0.15, 0.2) is 4.77 Å². The van der Waals surface area contributed by atoms with Crippen LogP contribution in [0.2, 0.25) is 0 Å². The zero-order chi connectivity index (χ0) is 10.8. The van der Waals surface area contributed by atoms with Crippen LogP contribution in [-0.2, 0) is 13.1 Å². The van der Waals surface area contributed by atoms with Crippen molar-refractivity contribution in [3.8, 4) is 0 Å². The lowest BCUT2D eigenvalue weighted by molar-refractivity contribution is 0.523. The van der Waals surface area contributed by atoms with Gasteiger partial charge in [-0.3, -0.25) is 4.68 Å². The average Bonchev–Trinajstić information content (AvgIpc) is 2.73. The van der Waals surface area contributed by atoms with Crippen molar-refractivity contribution in [1.29, 1.82) is 0 Å². The molecule has 15 heavy (non-hydrogen) atoms. The standard InChI is InChI=1S/C10H14N4S/c1-8-5-12-13(7-8)3-4-14-9(2)6-11-10(14)15/h5-7H,3-4H2,1-2H3,(H,11,15). The van der Waals surface area contributed by atoms with Crippen LogP contribution < -0.4 is 0 Å². The maximum atomic E-state index is 5.17. The molecule has 0 atom stereocenters. The minimum atomic E-state index is 0.774. The van der Waals surface area contributed by atoms with Crippen LogP contribution in [-0.4, -0.2) is 19.3 Å². The second-order valence-electron chi connectivity index (χ2n) is 3.67. The number of imidazole rings is 1. The number of rotatable bonds is 3. The topological polar surface area (TPSA) is 38.5 Å². The Morgan fingerprint density at radius 1 is 1.40 bits per heavy atom. The number of aromatic nitrogens is 4. The van der Waals surface area contributed by atoms with Gasteiger partial charge in [-0.1, -0.05) is 0 Å². The predicted octanol–water partition coefficient (Wildman–Crippen LogP) is 2.06. The first-order valence-electron chi connectivity index (χ1n) is 4.90. The Bertz CT molecular complexity index is 505. The third-order valence-corrected chi connectivity index (χ3v) is 2.73. The zero-order valence-electron chi connectivity index (χ0n) is 8.90. The molecule has 5 heteroatoms. The van der Waals surface area contributed by atoms with Crippen molar-refractivity contribution in [2.45, 2.75) is 26.9 Å². The highest BCUT2D eigenvalue weighted by molar-refractivity contribution is 7.71. The highest BCUT2D eigenvalue weighted by Crippen LogP contribution is 2.01. The minimum absolute atomic E-state index is 0.774. The summed E-state index contributed by atoms with van der Waals surface area (Å²) in [5.74, 6) is 0. The van der Waals surface area contributed by atoms with Crippen LogP contribution >= 0.6 is 12.2 Å². The molecule has 4 nitrogen and oxygen atoms in total. The van der Waals surface area contributed by atoms with Crippen molar-refractivity contribution in [3.05, 3.63) is 34.6 Å². The fourth-order valence-electron chi connectivity index (χ4n) is 1.55. The highest BCUT2D eigenvalue weighted by Gasteiger charge is 1.99. The molecule has 0 aliphatic heterocycles. The lowest BCUT2D eigenvalue weighted by atomic mass is 10.4. The summed E-state index contributed by atoms with van der Waals surface area (Å²) in [6.07, 6.45) is 5.82. The fraction of sp³-hybridized carbons (Fsp3) is 0.400. The number of hydrogen-bond donors (Lipinski definition) is 1. The van der Waals surface area contributed by atoms with E-state index in [1.807, 2.05) is 37.1 Å². The molecular formula is C10H14N4S. The molecule has 2 aromatic heterocycles. The summed E-state index contributed by atoms with van der Waals surface area (Å²) in [5, 5.41) is 4.23. The Morgan fingerprint density at radius 3 is 2.73 bits per heavy atom. The molecular weight excluding hydrogens is 208 g/mol. The second kappa shape index (κ2) is 4.02.